The largest absolute Gasteiger partial charge is 0.325 e. The van der Waals surface area contributed by atoms with Gasteiger partial charge in [0.15, 0.2) is 5.16 Å². The highest BCUT2D eigenvalue weighted by Crippen LogP contribution is 2.32. The lowest BCUT2D eigenvalue weighted by molar-refractivity contribution is -0.384. The third-order valence-electron chi connectivity index (χ3n) is 5.49. The van der Waals surface area contributed by atoms with Crippen LogP contribution in [0.2, 0.25) is 0 Å². The van der Waals surface area contributed by atoms with Crippen molar-refractivity contribution < 1.29 is 9.72 Å². The molecule has 1 saturated carbocycles. The molecule has 3 aromatic rings. The number of carbonyl (C=O) groups is 1. The molecule has 4 rings (SSSR count). The number of anilines is 1. The third kappa shape index (κ3) is 4.46. The molecule has 1 amide bonds. The van der Waals surface area contributed by atoms with Crippen LogP contribution in [0.1, 0.15) is 37.3 Å². The molecule has 0 unspecified atom stereocenters. The number of hydrogen-bond donors (Lipinski definition) is 1. The maximum absolute atomic E-state index is 13.2. The second-order valence-corrected chi connectivity index (χ2v) is 8.56. The van der Waals surface area contributed by atoms with Gasteiger partial charge in [0.2, 0.25) is 5.91 Å². The molecule has 1 aliphatic carbocycles. The van der Waals surface area contributed by atoms with Gasteiger partial charge in [-0.1, -0.05) is 36.7 Å². The SMILES string of the molecule is Cc1cc([N+](=O)[O-])ccc1NC(=O)CSc1nc2ccccc2c(=O)n1C1CCCC1. The van der Waals surface area contributed by atoms with Crippen LogP contribution < -0.4 is 10.9 Å². The first-order valence-corrected chi connectivity index (χ1v) is 11.1. The van der Waals surface area contributed by atoms with E-state index in [1.165, 1.54) is 30.0 Å². The molecular weight excluding hydrogens is 416 g/mol. The van der Waals surface area contributed by atoms with Crippen LogP contribution in [0, 0.1) is 17.0 Å². The zero-order valence-corrected chi connectivity index (χ0v) is 17.9. The number of amides is 1. The predicted octanol–water partition coefficient (Wildman–Crippen LogP) is 4.46. The molecule has 1 N–H and O–H groups in total. The Balaban J connectivity index is 1.56. The predicted molar refractivity (Wildman–Crippen MR) is 121 cm³/mol. The molecule has 8 nitrogen and oxygen atoms in total. The first kappa shape index (κ1) is 21.0. The molecule has 0 radical (unpaired) electrons. The van der Waals surface area contributed by atoms with Crippen molar-refractivity contribution in [2.75, 3.05) is 11.1 Å². The molecular formula is C22H22N4O4S. The Bertz CT molecular complexity index is 1220. The molecule has 1 heterocycles. The second-order valence-electron chi connectivity index (χ2n) is 7.62. The summed E-state index contributed by atoms with van der Waals surface area (Å²) >= 11 is 1.24. The molecule has 0 saturated heterocycles. The minimum Gasteiger partial charge on any atom is -0.325 e. The van der Waals surface area contributed by atoms with E-state index in [0.717, 1.165) is 25.7 Å². The number of aryl methyl sites for hydroxylation is 1. The summed E-state index contributed by atoms with van der Waals surface area (Å²) in [4.78, 5) is 40.8. The number of thioether (sulfide) groups is 1. The maximum atomic E-state index is 13.2. The molecule has 160 valence electrons. The van der Waals surface area contributed by atoms with E-state index in [9.17, 15) is 19.7 Å². The number of nitro groups is 1. The molecule has 31 heavy (non-hydrogen) atoms. The minimum atomic E-state index is -0.470. The number of para-hydroxylation sites is 1. The number of nitrogens with one attached hydrogen (secondary N) is 1. The van der Waals surface area contributed by atoms with E-state index in [0.29, 0.717) is 27.3 Å². The molecule has 9 heteroatoms. The van der Waals surface area contributed by atoms with Crippen LogP contribution in [0.5, 0.6) is 0 Å². The summed E-state index contributed by atoms with van der Waals surface area (Å²) in [6.07, 6.45) is 4.02. The first-order valence-electron chi connectivity index (χ1n) is 10.1. The Labute approximate surface area is 182 Å². The summed E-state index contributed by atoms with van der Waals surface area (Å²) < 4.78 is 1.75. The first-order chi connectivity index (χ1) is 14.9. The summed E-state index contributed by atoms with van der Waals surface area (Å²) in [5.41, 5.74) is 1.67. The number of nitro benzene ring substituents is 1. The van der Waals surface area contributed by atoms with Crippen molar-refractivity contribution in [3.8, 4) is 0 Å². The summed E-state index contributed by atoms with van der Waals surface area (Å²) in [5, 5.41) is 14.8. The van der Waals surface area contributed by atoms with Gasteiger partial charge in [0.1, 0.15) is 0 Å². The highest BCUT2D eigenvalue weighted by atomic mass is 32.2. The van der Waals surface area contributed by atoms with Gasteiger partial charge in [0, 0.05) is 23.9 Å². The lowest BCUT2D eigenvalue weighted by atomic mass is 10.2. The fourth-order valence-electron chi connectivity index (χ4n) is 3.93. The number of aromatic nitrogens is 2. The van der Waals surface area contributed by atoms with E-state index in [4.69, 9.17) is 0 Å². The zero-order valence-electron chi connectivity index (χ0n) is 17.0. The smallest absolute Gasteiger partial charge is 0.269 e. The van der Waals surface area contributed by atoms with Crippen molar-refractivity contribution in [1.29, 1.82) is 0 Å². The van der Waals surface area contributed by atoms with Crippen molar-refractivity contribution in [1.82, 2.24) is 9.55 Å². The average molecular weight is 439 g/mol. The van der Waals surface area contributed by atoms with Gasteiger partial charge in [0.05, 0.1) is 21.6 Å². The van der Waals surface area contributed by atoms with Gasteiger partial charge in [-0.15, -0.1) is 0 Å². The van der Waals surface area contributed by atoms with Crippen molar-refractivity contribution >= 4 is 39.9 Å². The number of non-ortho nitro benzene ring substituents is 1. The summed E-state index contributed by atoms with van der Waals surface area (Å²) in [7, 11) is 0. The summed E-state index contributed by atoms with van der Waals surface area (Å²) in [5.74, 6) is -0.184. The average Bonchev–Trinajstić information content (AvgIpc) is 3.28. The van der Waals surface area contributed by atoms with Crippen LogP contribution in [-0.2, 0) is 4.79 Å². The van der Waals surface area contributed by atoms with E-state index < -0.39 is 4.92 Å². The van der Waals surface area contributed by atoms with Gasteiger partial charge in [-0.3, -0.25) is 24.3 Å². The number of benzene rings is 2. The van der Waals surface area contributed by atoms with E-state index >= 15 is 0 Å². The Morgan fingerprint density at radius 2 is 2.00 bits per heavy atom. The van der Waals surface area contributed by atoms with Gasteiger partial charge in [-0.25, -0.2) is 4.98 Å². The van der Waals surface area contributed by atoms with Gasteiger partial charge in [-0.05, 0) is 43.5 Å². The number of fused-ring (bicyclic) bond motifs is 1. The number of nitrogens with zero attached hydrogens (tertiary/aromatic N) is 3. The molecule has 0 aliphatic heterocycles. The van der Waals surface area contributed by atoms with E-state index in [2.05, 4.69) is 10.3 Å². The highest BCUT2D eigenvalue weighted by molar-refractivity contribution is 7.99. The van der Waals surface area contributed by atoms with Crippen molar-refractivity contribution in [2.45, 2.75) is 43.8 Å². The lowest BCUT2D eigenvalue weighted by Gasteiger charge is -2.18. The maximum Gasteiger partial charge on any atom is 0.269 e. The van der Waals surface area contributed by atoms with Gasteiger partial charge in [-0.2, -0.15) is 0 Å². The summed E-state index contributed by atoms with van der Waals surface area (Å²) in [6, 6.07) is 11.7. The van der Waals surface area contributed by atoms with Crippen LogP contribution in [0.25, 0.3) is 10.9 Å². The Kier molecular flexibility index (Phi) is 6.03. The van der Waals surface area contributed by atoms with Crippen LogP contribution in [0.15, 0.2) is 52.4 Å². The monoisotopic (exact) mass is 438 g/mol. The molecule has 2 aromatic carbocycles. The van der Waals surface area contributed by atoms with Crippen molar-refractivity contribution in [3.63, 3.8) is 0 Å². The van der Waals surface area contributed by atoms with E-state index in [-0.39, 0.29) is 28.9 Å². The van der Waals surface area contributed by atoms with Crippen LogP contribution in [-0.4, -0.2) is 26.1 Å². The minimum absolute atomic E-state index is 0.0224. The second kappa shape index (κ2) is 8.89. The van der Waals surface area contributed by atoms with Crippen LogP contribution in [0.4, 0.5) is 11.4 Å². The standard InChI is InChI=1S/C22H22N4O4S/c1-14-12-16(26(29)30)10-11-18(14)23-20(27)13-31-22-24-19-9-5-4-8-17(19)21(28)25(22)15-6-2-3-7-15/h4-5,8-12,15H,2-3,6-7,13H2,1H3,(H,23,27). The van der Waals surface area contributed by atoms with E-state index in [1.807, 2.05) is 12.1 Å². The van der Waals surface area contributed by atoms with E-state index in [1.54, 1.807) is 23.6 Å². The topological polar surface area (TPSA) is 107 Å². The van der Waals surface area contributed by atoms with Gasteiger partial charge < -0.3 is 5.32 Å². The fourth-order valence-corrected chi connectivity index (χ4v) is 4.80. The Morgan fingerprint density at radius 3 is 2.71 bits per heavy atom. The van der Waals surface area contributed by atoms with Gasteiger partial charge >= 0.3 is 0 Å². The zero-order chi connectivity index (χ0) is 22.0. The Hall–Kier alpha value is -3.20. The number of carbonyl (C=O) groups excluding carboxylic acids is 1. The fraction of sp³-hybridized carbons (Fsp3) is 0.318. The number of rotatable bonds is 6. The molecule has 1 fully saturated rings. The van der Waals surface area contributed by atoms with Gasteiger partial charge in [0.25, 0.3) is 11.2 Å². The van der Waals surface area contributed by atoms with Crippen molar-refractivity contribution in [3.05, 3.63) is 68.5 Å². The quantitative estimate of drug-likeness (QED) is 0.264. The molecule has 1 aromatic heterocycles. The van der Waals surface area contributed by atoms with Crippen LogP contribution >= 0.6 is 11.8 Å². The lowest BCUT2D eigenvalue weighted by Crippen LogP contribution is -2.27. The number of hydrogen-bond acceptors (Lipinski definition) is 6. The van der Waals surface area contributed by atoms with Crippen LogP contribution in [0.3, 0.4) is 0 Å². The highest BCUT2D eigenvalue weighted by Gasteiger charge is 2.23. The Morgan fingerprint density at radius 1 is 1.26 bits per heavy atom. The van der Waals surface area contributed by atoms with Crippen molar-refractivity contribution in [2.24, 2.45) is 0 Å². The molecule has 0 bridgehead atoms. The summed E-state index contributed by atoms with van der Waals surface area (Å²) in [6.45, 7) is 1.71. The normalized spacial score (nSPS) is 14.1. The third-order valence-corrected chi connectivity index (χ3v) is 6.45. The molecule has 1 aliphatic rings. The molecule has 0 atom stereocenters. The molecule has 0 spiro atoms.